The third-order valence-electron chi connectivity index (χ3n) is 3.03. The van der Waals surface area contributed by atoms with Gasteiger partial charge in [-0.1, -0.05) is 29.3 Å². The number of hydrogen-bond acceptors (Lipinski definition) is 3. The van der Waals surface area contributed by atoms with Crippen molar-refractivity contribution in [1.29, 1.82) is 0 Å². The Hall–Kier alpha value is -2.05. The summed E-state index contributed by atoms with van der Waals surface area (Å²) < 4.78 is 27.1. The number of aryl methyl sites for hydroxylation is 1. The van der Waals surface area contributed by atoms with E-state index in [4.69, 9.17) is 11.6 Å². The van der Waals surface area contributed by atoms with Crippen LogP contribution in [0.1, 0.15) is 15.9 Å². The summed E-state index contributed by atoms with van der Waals surface area (Å²) in [5.74, 6) is -0.326. The fourth-order valence-electron chi connectivity index (χ4n) is 1.81. The largest absolute Gasteiger partial charge is 0.355 e. The van der Waals surface area contributed by atoms with Crippen molar-refractivity contribution in [1.82, 2.24) is 5.32 Å². The molecule has 0 spiro atoms. The highest BCUT2D eigenvalue weighted by Gasteiger charge is 2.16. The van der Waals surface area contributed by atoms with E-state index in [0.717, 1.165) is 5.56 Å². The standard InChI is InChI=1S/C15H15ClN2O3S/c1-10-3-6-12(7-4-10)22(20,21)18-14-9-11(15(19)17-2)5-8-13(14)16/h3-9,18H,1-2H3,(H,17,19). The second-order valence-electron chi connectivity index (χ2n) is 4.69. The number of halogens is 1. The van der Waals surface area contributed by atoms with Gasteiger partial charge in [0.1, 0.15) is 0 Å². The summed E-state index contributed by atoms with van der Waals surface area (Å²) in [6.45, 7) is 1.87. The number of sulfonamides is 1. The topological polar surface area (TPSA) is 75.3 Å². The second-order valence-corrected chi connectivity index (χ2v) is 6.78. The lowest BCUT2D eigenvalue weighted by molar-refractivity contribution is 0.0963. The van der Waals surface area contributed by atoms with Crippen LogP contribution in [0, 0.1) is 6.92 Å². The van der Waals surface area contributed by atoms with Crippen LogP contribution in [0.15, 0.2) is 47.4 Å². The Balaban J connectivity index is 2.37. The van der Waals surface area contributed by atoms with Crippen LogP contribution < -0.4 is 10.0 Å². The molecule has 0 saturated heterocycles. The maximum absolute atomic E-state index is 12.3. The van der Waals surface area contributed by atoms with E-state index >= 15 is 0 Å². The van der Waals surface area contributed by atoms with E-state index in [0.29, 0.717) is 5.56 Å². The summed E-state index contributed by atoms with van der Waals surface area (Å²) in [5, 5.41) is 2.68. The molecule has 2 rings (SSSR count). The number of carbonyl (C=O) groups is 1. The molecule has 0 aromatic heterocycles. The Morgan fingerprint density at radius 2 is 1.73 bits per heavy atom. The Kier molecular flexibility index (Phi) is 4.73. The molecule has 0 aliphatic rings. The zero-order valence-corrected chi connectivity index (χ0v) is 13.6. The smallest absolute Gasteiger partial charge is 0.261 e. The van der Waals surface area contributed by atoms with Crippen LogP contribution in [0.2, 0.25) is 5.02 Å². The van der Waals surface area contributed by atoms with Gasteiger partial charge in [-0.05, 0) is 37.3 Å². The van der Waals surface area contributed by atoms with Gasteiger partial charge >= 0.3 is 0 Å². The molecule has 0 aliphatic carbocycles. The van der Waals surface area contributed by atoms with Crippen molar-refractivity contribution in [2.45, 2.75) is 11.8 Å². The van der Waals surface area contributed by atoms with Gasteiger partial charge in [0, 0.05) is 12.6 Å². The molecule has 0 unspecified atom stereocenters. The molecule has 116 valence electrons. The molecule has 0 saturated carbocycles. The number of amides is 1. The third-order valence-corrected chi connectivity index (χ3v) is 4.74. The lowest BCUT2D eigenvalue weighted by Crippen LogP contribution is -2.18. The van der Waals surface area contributed by atoms with Crippen molar-refractivity contribution in [2.24, 2.45) is 0 Å². The van der Waals surface area contributed by atoms with E-state index < -0.39 is 10.0 Å². The van der Waals surface area contributed by atoms with E-state index in [9.17, 15) is 13.2 Å². The Labute approximate surface area is 134 Å². The quantitative estimate of drug-likeness (QED) is 0.900. The maximum Gasteiger partial charge on any atom is 0.261 e. The van der Waals surface area contributed by atoms with Crippen LogP contribution in [0.4, 0.5) is 5.69 Å². The average Bonchev–Trinajstić information content (AvgIpc) is 2.49. The number of rotatable bonds is 4. The fourth-order valence-corrected chi connectivity index (χ4v) is 3.10. The molecule has 1 amide bonds. The Bertz CT molecular complexity index is 802. The number of hydrogen-bond donors (Lipinski definition) is 2. The van der Waals surface area contributed by atoms with Gasteiger partial charge in [0.2, 0.25) is 0 Å². The molecule has 22 heavy (non-hydrogen) atoms. The molecule has 0 atom stereocenters. The van der Waals surface area contributed by atoms with Crippen molar-refractivity contribution in [3.05, 3.63) is 58.6 Å². The van der Waals surface area contributed by atoms with E-state index in [1.807, 2.05) is 6.92 Å². The van der Waals surface area contributed by atoms with Gasteiger partial charge in [0.15, 0.2) is 0 Å². The molecule has 7 heteroatoms. The van der Waals surface area contributed by atoms with Crippen molar-refractivity contribution in [3.8, 4) is 0 Å². The first-order valence-electron chi connectivity index (χ1n) is 6.44. The van der Waals surface area contributed by atoms with Crippen molar-refractivity contribution < 1.29 is 13.2 Å². The van der Waals surface area contributed by atoms with Crippen LogP contribution in [-0.4, -0.2) is 21.4 Å². The molecule has 0 heterocycles. The molecule has 2 aromatic rings. The number of nitrogens with one attached hydrogen (secondary N) is 2. The normalized spacial score (nSPS) is 11.0. The first-order chi connectivity index (χ1) is 10.3. The first kappa shape index (κ1) is 16.3. The summed E-state index contributed by atoms with van der Waals surface area (Å²) in [4.78, 5) is 11.7. The molecule has 2 N–H and O–H groups in total. The van der Waals surface area contributed by atoms with Crippen LogP contribution in [0.3, 0.4) is 0 Å². The zero-order valence-electron chi connectivity index (χ0n) is 12.1. The second kappa shape index (κ2) is 6.37. The molecule has 2 aromatic carbocycles. The highest BCUT2D eigenvalue weighted by Crippen LogP contribution is 2.26. The molecular formula is C15H15ClN2O3S. The van der Waals surface area contributed by atoms with Gasteiger partial charge < -0.3 is 5.32 Å². The maximum atomic E-state index is 12.3. The van der Waals surface area contributed by atoms with Crippen molar-refractivity contribution in [3.63, 3.8) is 0 Å². The third kappa shape index (κ3) is 3.58. The molecule has 5 nitrogen and oxygen atoms in total. The number of carbonyl (C=O) groups excluding carboxylic acids is 1. The monoisotopic (exact) mass is 338 g/mol. The van der Waals surface area contributed by atoms with Gasteiger partial charge in [-0.15, -0.1) is 0 Å². The summed E-state index contributed by atoms with van der Waals surface area (Å²) >= 11 is 6.00. The molecule has 0 bridgehead atoms. The van der Waals surface area contributed by atoms with E-state index in [2.05, 4.69) is 10.0 Å². The minimum absolute atomic E-state index is 0.125. The van der Waals surface area contributed by atoms with Crippen LogP contribution in [0.25, 0.3) is 0 Å². The Morgan fingerprint density at radius 1 is 1.09 bits per heavy atom. The SMILES string of the molecule is CNC(=O)c1ccc(Cl)c(NS(=O)(=O)c2ccc(C)cc2)c1. The average molecular weight is 339 g/mol. The summed E-state index contributed by atoms with van der Waals surface area (Å²) in [5.41, 5.74) is 1.43. The van der Waals surface area contributed by atoms with E-state index in [1.165, 1.54) is 37.4 Å². The predicted octanol–water partition coefficient (Wildman–Crippen LogP) is 2.81. The van der Waals surface area contributed by atoms with Gasteiger partial charge in [0.05, 0.1) is 15.6 Å². The minimum Gasteiger partial charge on any atom is -0.355 e. The van der Waals surface area contributed by atoms with Crippen molar-refractivity contribution in [2.75, 3.05) is 11.8 Å². The molecule has 0 radical (unpaired) electrons. The Morgan fingerprint density at radius 3 is 2.32 bits per heavy atom. The van der Waals surface area contributed by atoms with Crippen molar-refractivity contribution >= 4 is 33.2 Å². The molecule has 0 fully saturated rings. The van der Waals surface area contributed by atoms with Gasteiger partial charge in [-0.3, -0.25) is 9.52 Å². The van der Waals surface area contributed by atoms with E-state index in [1.54, 1.807) is 12.1 Å². The van der Waals surface area contributed by atoms with Crippen LogP contribution >= 0.6 is 11.6 Å². The zero-order chi connectivity index (χ0) is 16.3. The number of anilines is 1. The molecule has 0 aliphatic heterocycles. The lowest BCUT2D eigenvalue weighted by atomic mass is 10.2. The van der Waals surface area contributed by atoms with Gasteiger partial charge in [-0.25, -0.2) is 8.42 Å². The van der Waals surface area contributed by atoms with Crippen LogP contribution in [-0.2, 0) is 10.0 Å². The minimum atomic E-state index is -3.77. The highest BCUT2D eigenvalue weighted by molar-refractivity contribution is 7.92. The predicted molar refractivity (Wildman–Crippen MR) is 86.8 cm³/mol. The highest BCUT2D eigenvalue weighted by atomic mass is 35.5. The lowest BCUT2D eigenvalue weighted by Gasteiger charge is -2.11. The van der Waals surface area contributed by atoms with E-state index in [-0.39, 0.29) is 21.5 Å². The molecular weight excluding hydrogens is 324 g/mol. The summed E-state index contributed by atoms with van der Waals surface area (Å²) in [6, 6.07) is 10.8. The fraction of sp³-hybridized carbons (Fsp3) is 0.133. The van der Waals surface area contributed by atoms with Gasteiger partial charge in [-0.2, -0.15) is 0 Å². The van der Waals surface area contributed by atoms with Crippen LogP contribution in [0.5, 0.6) is 0 Å². The van der Waals surface area contributed by atoms with Gasteiger partial charge in [0.25, 0.3) is 15.9 Å². The summed E-state index contributed by atoms with van der Waals surface area (Å²) in [7, 11) is -2.27. The summed E-state index contributed by atoms with van der Waals surface area (Å²) in [6.07, 6.45) is 0. The number of benzene rings is 2. The first-order valence-corrected chi connectivity index (χ1v) is 8.31.